The second-order valence-corrected chi connectivity index (χ2v) is 11.2. The first-order chi connectivity index (χ1) is 17.8. The van der Waals surface area contributed by atoms with Crippen LogP contribution in [0.2, 0.25) is 0 Å². The minimum absolute atomic E-state index is 0.104. The number of aromatic nitrogens is 1. The Labute approximate surface area is 223 Å². The second kappa shape index (κ2) is 13.0. The first-order valence-electron chi connectivity index (χ1n) is 12.1. The van der Waals surface area contributed by atoms with Crippen LogP contribution in [0.15, 0.2) is 72.7 Å². The molecule has 0 fully saturated rings. The third kappa shape index (κ3) is 6.45. The molecule has 0 N–H and O–H groups in total. The van der Waals surface area contributed by atoms with Gasteiger partial charge in [0.15, 0.2) is 5.13 Å². The van der Waals surface area contributed by atoms with Crippen LogP contribution < -0.4 is 9.64 Å². The molecule has 0 unspecified atom stereocenters. The van der Waals surface area contributed by atoms with E-state index in [9.17, 15) is 13.2 Å². The van der Waals surface area contributed by atoms with Crippen molar-refractivity contribution in [3.8, 4) is 5.75 Å². The Hall–Kier alpha value is -3.05. The zero-order valence-electron chi connectivity index (χ0n) is 21.6. The van der Waals surface area contributed by atoms with E-state index in [4.69, 9.17) is 9.72 Å². The van der Waals surface area contributed by atoms with Gasteiger partial charge in [-0.1, -0.05) is 43.4 Å². The van der Waals surface area contributed by atoms with E-state index < -0.39 is 10.0 Å². The van der Waals surface area contributed by atoms with E-state index in [0.29, 0.717) is 35.1 Å². The highest BCUT2D eigenvalue weighted by Crippen LogP contribution is 2.34. The molecule has 3 aromatic rings. The number of fused-ring (bicyclic) bond motifs is 1. The smallest absolute Gasteiger partial charge is 0.260 e. The van der Waals surface area contributed by atoms with Crippen LogP contribution >= 0.6 is 11.3 Å². The fraction of sp³-hybridized carbons (Fsp3) is 0.333. The van der Waals surface area contributed by atoms with Gasteiger partial charge in [-0.25, -0.2) is 13.4 Å². The van der Waals surface area contributed by atoms with Gasteiger partial charge in [0.1, 0.15) is 11.3 Å². The average Bonchev–Trinajstić information content (AvgIpc) is 3.35. The van der Waals surface area contributed by atoms with Crippen LogP contribution in [-0.4, -0.2) is 74.9 Å². The number of carbonyl (C=O) groups is 1. The molecule has 0 saturated carbocycles. The monoisotopic (exact) mass is 542 g/mol. The van der Waals surface area contributed by atoms with E-state index in [1.165, 1.54) is 39.9 Å². The van der Waals surface area contributed by atoms with E-state index in [0.717, 1.165) is 17.8 Å². The van der Waals surface area contributed by atoms with Gasteiger partial charge in [-0.05, 0) is 49.5 Å². The molecule has 2 aromatic carbocycles. The largest absolute Gasteiger partial charge is 0.494 e. The molecule has 0 radical (unpaired) electrons. The molecule has 37 heavy (non-hydrogen) atoms. The molecule has 0 aliphatic carbocycles. The lowest BCUT2D eigenvalue weighted by molar-refractivity contribution is 0.0983. The third-order valence-corrected chi connectivity index (χ3v) is 8.89. The first-order valence-corrected chi connectivity index (χ1v) is 14.4. The zero-order chi connectivity index (χ0) is 27.0. The molecule has 3 rings (SSSR count). The third-order valence-electron chi connectivity index (χ3n) is 6.01. The van der Waals surface area contributed by atoms with Gasteiger partial charge in [0.05, 0.1) is 16.7 Å². The molecule has 0 spiro atoms. The Morgan fingerprint density at radius 1 is 1.03 bits per heavy atom. The van der Waals surface area contributed by atoms with Gasteiger partial charge in [0.2, 0.25) is 10.0 Å². The number of likely N-dealkylation sites (N-methyl/N-ethyl adjacent to an activating group) is 1. The summed E-state index contributed by atoms with van der Waals surface area (Å²) < 4.78 is 33.8. The van der Waals surface area contributed by atoms with Crippen molar-refractivity contribution in [1.29, 1.82) is 0 Å². The highest BCUT2D eigenvalue weighted by atomic mass is 32.2. The Kier molecular flexibility index (Phi) is 9.99. The Morgan fingerprint density at radius 3 is 2.24 bits per heavy atom. The van der Waals surface area contributed by atoms with Gasteiger partial charge >= 0.3 is 0 Å². The van der Waals surface area contributed by atoms with Gasteiger partial charge in [-0.3, -0.25) is 9.69 Å². The number of amides is 1. The molecule has 0 atom stereocenters. The quantitative estimate of drug-likeness (QED) is 0.276. The maximum Gasteiger partial charge on any atom is 0.260 e. The summed E-state index contributed by atoms with van der Waals surface area (Å²) in [5.41, 5.74) is 1.08. The first kappa shape index (κ1) is 28.5. The van der Waals surface area contributed by atoms with Gasteiger partial charge < -0.3 is 9.64 Å². The average molecular weight is 543 g/mol. The van der Waals surface area contributed by atoms with E-state index in [1.807, 2.05) is 18.2 Å². The van der Waals surface area contributed by atoms with Crippen molar-refractivity contribution in [2.75, 3.05) is 51.3 Å². The van der Waals surface area contributed by atoms with Crippen LogP contribution in [0.1, 0.15) is 24.2 Å². The van der Waals surface area contributed by atoms with Crippen LogP contribution in [0.3, 0.4) is 0 Å². The van der Waals surface area contributed by atoms with E-state index in [-0.39, 0.29) is 23.9 Å². The lowest BCUT2D eigenvalue weighted by Gasteiger charge is -2.25. The summed E-state index contributed by atoms with van der Waals surface area (Å²) in [5.74, 6) is 0.400. The molecule has 1 amide bonds. The number of rotatable bonds is 14. The summed E-state index contributed by atoms with van der Waals surface area (Å²) in [6.07, 6.45) is 3.05. The number of carbonyl (C=O) groups excluding carboxylic acids is 1. The number of benzene rings is 2. The molecular weight excluding hydrogens is 508 g/mol. The molecule has 1 heterocycles. The predicted octanol–water partition coefficient (Wildman–Crippen LogP) is 4.66. The Morgan fingerprint density at radius 2 is 1.68 bits per heavy atom. The SMILES string of the molecule is C=CCN(CC=C)S(=O)(=O)c1ccc(C(=O)N(CCN(CC)CC)c2nc3c(OC)cccc3s2)cc1. The fourth-order valence-corrected chi connectivity index (χ4v) is 6.28. The number of nitrogens with zero attached hydrogens (tertiary/aromatic N) is 4. The molecule has 0 aliphatic heterocycles. The van der Waals surface area contributed by atoms with Crippen molar-refractivity contribution in [2.24, 2.45) is 0 Å². The van der Waals surface area contributed by atoms with E-state index in [1.54, 1.807) is 24.1 Å². The summed E-state index contributed by atoms with van der Waals surface area (Å²) in [6.45, 7) is 14.6. The topological polar surface area (TPSA) is 83.1 Å². The molecule has 198 valence electrons. The molecule has 0 saturated heterocycles. The molecule has 1 aromatic heterocycles. The molecular formula is C27H34N4O4S2. The van der Waals surface area contributed by atoms with Crippen molar-refractivity contribution in [3.63, 3.8) is 0 Å². The van der Waals surface area contributed by atoms with Crippen molar-refractivity contribution in [3.05, 3.63) is 73.3 Å². The highest BCUT2D eigenvalue weighted by molar-refractivity contribution is 7.89. The molecule has 0 aliphatic rings. The predicted molar refractivity (Wildman–Crippen MR) is 151 cm³/mol. The standard InChI is InChI=1S/C27H34N4O4S2/c1-6-17-30(18-7-2)37(33,34)22-15-13-21(14-16-22)26(32)31(20-19-29(8-3)9-4)27-28-25-23(35-5)11-10-12-24(25)36-27/h6-7,10-16H,1-2,8-9,17-20H2,3-5H3. The number of ether oxygens (including phenoxy) is 1. The number of thiazole rings is 1. The number of hydrogen-bond donors (Lipinski definition) is 0. The van der Waals surface area contributed by atoms with Crippen LogP contribution in [0.25, 0.3) is 10.2 Å². The van der Waals surface area contributed by atoms with E-state index >= 15 is 0 Å². The Balaban J connectivity index is 1.96. The van der Waals surface area contributed by atoms with Crippen LogP contribution in [0.5, 0.6) is 5.75 Å². The van der Waals surface area contributed by atoms with Crippen LogP contribution in [0, 0.1) is 0 Å². The number of methoxy groups -OCH3 is 1. The summed E-state index contributed by atoms with van der Waals surface area (Å²) in [7, 11) is -2.16. The molecule has 0 bridgehead atoms. The lowest BCUT2D eigenvalue weighted by Crippen LogP contribution is -2.39. The number of para-hydroxylation sites is 1. The highest BCUT2D eigenvalue weighted by Gasteiger charge is 2.25. The summed E-state index contributed by atoms with van der Waals surface area (Å²) >= 11 is 1.42. The van der Waals surface area contributed by atoms with Crippen molar-refractivity contribution >= 4 is 42.6 Å². The summed E-state index contributed by atoms with van der Waals surface area (Å²) in [5, 5.41) is 0.566. The normalized spacial score (nSPS) is 11.7. The lowest BCUT2D eigenvalue weighted by atomic mass is 10.2. The number of anilines is 1. The van der Waals surface area contributed by atoms with Crippen molar-refractivity contribution in [1.82, 2.24) is 14.2 Å². The fourth-order valence-electron chi connectivity index (χ4n) is 3.89. The Bertz CT molecular complexity index is 1320. The molecule has 8 nitrogen and oxygen atoms in total. The van der Waals surface area contributed by atoms with Crippen molar-refractivity contribution < 1.29 is 17.9 Å². The van der Waals surface area contributed by atoms with Gasteiger partial charge in [0, 0.05) is 31.7 Å². The van der Waals surface area contributed by atoms with Crippen LogP contribution in [-0.2, 0) is 10.0 Å². The zero-order valence-corrected chi connectivity index (χ0v) is 23.2. The van der Waals surface area contributed by atoms with E-state index in [2.05, 4.69) is 31.9 Å². The van der Waals surface area contributed by atoms with Gasteiger partial charge in [-0.15, -0.1) is 13.2 Å². The number of hydrogen-bond acceptors (Lipinski definition) is 7. The van der Waals surface area contributed by atoms with Gasteiger partial charge in [-0.2, -0.15) is 4.31 Å². The van der Waals surface area contributed by atoms with Crippen LogP contribution in [0.4, 0.5) is 5.13 Å². The van der Waals surface area contributed by atoms with Crippen molar-refractivity contribution in [2.45, 2.75) is 18.7 Å². The second-order valence-electron chi connectivity index (χ2n) is 8.21. The minimum atomic E-state index is -3.76. The maximum absolute atomic E-state index is 13.7. The summed E-state index contributed by atoms with van der Waals surface area (Å²) in [6, 6.07) is 11.7. The maximum atomic E-state index is 13.7. The molecule has 10 heteroatoms. The van der Waals surface area contributed by atoms with Gasteiger partial charge in [0.25, 0.3) is 5.91 Å². The summed E-state index contributed by atoms with van der Waals surface area (Å²) in [4.78, 5) is 22.5. The number of sulfonamides is 1. The minimum Gasteiger partial charge on any atom is -0.494 e.